The Labute approximate surface area is 368 Å². The summed E-state index contributed by atoms with van der Waals surface area (Å²) >= 11 is 0. The van der Waals surface area contributed by atoms with Crippen LogP contribution in [0.4, 0.5) is 0 Å². The van der Waals surface area contributed by atoms with E-state index in [1.165, 1.54) is 30.6 Å². The van der Waals surface area contributed by atoms with Crippen LogP contribution < -0.4 is 5.19 Å². The summed E-state index contributed by atoms with van der Waals surface area (Å²) in [5.41, 5.74) is 4.81. The molecule has 0 bridgehead atoms. The van der Waals surface area contributed by atoms with Crippen molar-refractivity contribution >= 4 is 56.7 Å². The average molecular weight is 949 g/mol. The molecule has 0 aliphatic rings. The van der Waals surface area contributed by atoms with Gasteiger partial charge in [-0.2, -0.15) is 0 Å². The Hall–Kier alpha value is -5.19. The van der Waals surface area contributed by atoms with E-state index in [4.69, 9.17) is 20.9 Å². The topological polar surface area (TPSA) is 38.9 Å². The van der Waals surface area contributed by atoms with E-state index in [2.05, 4.69) is 79.3 Å². The molecule has 9 rings (SSSR count). The van der Waals surface area contributed by atoms with E-state index in [-0.39, 0.29) is 42.4 Å². The number of pyridine rings is 2. The van der Waals surface area contributed by atoms with E-state index in [0.29, 0.717) is 39.2 Å². The van der Waals surface area contributed by atoms with E-state index in [1.807, 2.05) is 42.5 Å². The van der Waals surface area contributed by atoms with Gasteiger partial charge in [0.05, 0.1) is 13.7 Å². The van der Waals surface area contributed by atoms with Crippen molar-refractivity contribution in [3.63, 3.8) is 0 Å². The van der Waals surface area contributed by atoms with E-state index in [9.17, 15) is 0 Å². The van der Waals surface area contributed by atoms with Gasteiger partial charge in [0.15, 0.2) is 0 Å². The second-order valence-corrected chi connectivity index (χ2v) is 19.4. The Morgan fingerprint density at radius 3 is 2.11 bits per heavy atom. The number of benzene rings is 6. The fourth-order valence-corrected chi connectivity index (χ4v) is 11.5. The zero-order valence-corrected chi connectivity index (χ0v) is 35.3. The molecule has 0 amide bonds. The van der Waals surface area contributed by atoms with E-state index >= 15 is 0 Å². The molecule has 0 aliphatic heterocycles. The van der Waals surface area contributed by atoms with Crippen LogP contribution >= 0.6 is 0 Å². The van der Waals surface area contributed by atoms with Gasteiger partial charge in [-0.15, -0.1) is 53.6 Å². The molecule has 6 aromatic carbocycles. The smallest absolute Gasteiger partial charge is 0.129 e. The van der Waals surface area contributed by atoms with Gasteiger partial charge in [0.25, 0.3) is 0 Å². The molecule has 9 aromatic rings. The SMILES string of the molecule is [2H]C([2H])([2H])c1c[c-]c(-c2ccc(C([2H])([2H])[2H])cn2)cc1.[2H]C([2H])([2H])c1cnc(-c2[c-]ccc3c2oc2c3ccc3ccc4ccccc4c32)cc1-c1ccc([Si](CC)(CC)CC)cc1C([2H])([2H])[2H].[Ir]. The standard InChI is InChI=1S/C39H36NOSi.C13H12N.Ir/c1-6-42(7-2,8-3)29-19-21-30(25(4)22-29)35-23-36(40-24-26(35)5)34-15-11-14-32-33-20-18-28-17-16-27-12-9-10-13-31(27)37(28)39(33)41-38(32)34;1-10-3-6-12(7-4-10)13-8-5-11(2)9-14-13;/h9-14,16-24H,6-8H2,1-5H3;3-6,8-9H,1-2H3;/q2*-1;/i4D3,5D3;1D3,2D3;. The third-order valence-electron chi connectivity index (χ3n) is 11.3. The van der Waals surface area contributed by atoms with Crippen molar-refractivity contribution in [3.05, 3.63) is 162 Å². The number of hydrogen-bond acceptors (Lipinski definition) is 3. The summed E-state index contributed by atoms with van der Waals surface area (Å²) in [6.07, 6.45) is 2.66. The minimum atomic E-state index is -2.52. The number of fused-ring (bicyclic) bond motifs is 7. The molecular formula is C52H48IrN2OSi-2. The van der Waals surface area contributed by atoms with Gasteiger partial charge < -0.3 is 14.4 Å². The third-order valence-corrected chi connectivity index (χ3v) is 16.9. The quantitative estimate of drug-likeness (QED) is 0.0908. The largest absolute Gasteiger partial charge is 0.500 e. The van der Waals surface area contributed by atoms with Gasteiger partial charge in [0, 0.05) is 59.7 Å². The number of hydrogen-bond donors (Lipinski definition) is 0. The summed E-state index contributed by atoms with van der Waals surface area (Å²) in [7, 11) is -1.92. The van der Waals surface area contributed by atoms with Crippen molar-refractivity contribution in [3.8, 4) is 33.6 Å². The van der Waals surface area contributed by atoms with Crippen LogP contribution in [-0.2, 0) is 20.1 Å². The fourth-order valence-electron chi connectivity index (χ4n) is 7.90. The number of aryl methyl sites for hydroxylation is 4. The van der Waals surface area contributed by atoms with Crippen LogP contribution in [0.3, 0.4) is 0 Å². The molecule has 287 valence electrons. The van der Waals surface area contributed by atoms with Crippen LogP contribution in [0.25, 0.3) is 77.1 Å². The molecule has 1 radical (unpaired) electrons. The summed E-state index contributed by atoms with van der Waals surface area (Å²) in [4.78, 5) is 8.71. The van der Waals surface area contributed by atoms with Gasteiger partial charge in [0.1, 0.15) is 5.58 Å². The second kappa shape index (κ2) is 16.7. The van der Waals surface area contributed by atoms with Crippen LogP contribution in [0, 0.1) is 39.5 Å². The number of nitrogens with zero attached hydrogens (tertiary/aromatic N) is 2. The molecule has 3 aromatic heterocycles. The fraction of sp³-hybridized carbons (Fsp3) is 0.192. The van der Waals surface area contributed by atoms with Crippen LogP contribution in [-0.4, -0.2) is 18.0 Å². The maximum atomic E-state index is 8.54. The molecule has 0 fully saturated rings. The molecular weight excluding hydrogens is 889 g/mol. The predicted octanol–water partition coefficient (Wildman–Crippen LogP) is 13.9. The van der Waals surface area contributed by atoms with Crippen LogP contribution in [0.15, 0.2) is 132 Å². The third kappa shape index (κ3) is 7.53. The molecule has 5 heteroatoms. The van der Waals surface area contributed by atoms with Gasteiger partial charge >= 0.3 is 0 Å². The second-order valence-electron chi connectivity index (χ2n) is 14.2. The van der Waals surface area contributed by atoms with Crippen LogP contribution in [0.1, 0.15) is 59.5 Å². The Morgan fingerprint density at radius 1 is 0.614 bits per heavy atom. The summed E-state index contributed by atoms with van der Waals surface area (Å²) in [5.74, 6) is 0. The minimum Gasteiger partial charge on any atom is -0.500 e. The maximum absolute atomic E-state index is 8.54. The first kappa shape index (κ1) is 27.4. The predicted molar refractivity (Wildman–Crippen MR) is 241 cm³/mol. The molecule has 0 saturated heterocycles. The first-order valence-corrected chi connectivity index (χ1v) is 21.5. The van der Waals surface area contributed by atoms with Crippen molar-refractivity contribution in [1.82, 2.24) is 9.97 Å². The average Bonchev–Trinajstić information content (AvgIpc) is 3.70. The Morgan fingerprint density at radius 2 is 1.37 bits per heavy atom. The molecule has 0 aliphatic carbocycles. The van der Waals surface area contributed by atoms with Crippen molar-refractivity contribution in [1.29, 1.82) is 0 Å². The van der Waals surface area contributed by atoms with Gasteiger partial charge in [-0.05, 0) is 75.9 Å². The zero-order valence-electron chi connectivity index (χ0n) is 43.9. The normalized spacial score (nSPS) is 15.5. The molecule has 0 saturated carbocycles. The summed E-state index contributed by atoms with van der Waals surface area (Å²) in [6, 6.07) is 44.5. The molecule has 0 atom stereocenters. The van der Waals surface area contributed by atoms with E-state index < -0.39 is 35.5 Å². The Kier molecular flexibility index (Phi) is 8.05. The molecule has 0 N–H and O–H groups in total. The van der Waals surface area contributed by atoms with Gasteiger partial charge in [0.2, 0.25) is 0 Å². The number of rotatable bonds is 7. The van der Waals surface area contributed by atoms with Gasteiger partial charge in [-0.3, -0.25) is 0 Å². The molecule has 3 heterocycles. The molecule has 3 nitrogen and oxygen atoms in total. The first-order chi connectivity index (χ1) is 32.1. The van der Waals surface area contributed by atoms with Crippen molar-refractivity contribution in [2.75, 3.05) is 0 Å². The Balaban J connectivity index is 0.000000281. The summed E-state index contributed by atoms with van der Waals surface area (Å²) in [5, 5.41) is 7.24. The monoisotopic (exact) mass is 949 g/mol. The zero-order chi connectivity index (χ0) is 49.0. The van der Waals surface area contributed by atoms with Crippen LogP contribution in [0.5, 0.6) is 0 Å². The van der Waals surface area contributed by atoms with Gasteiger partial charge in [-0.1, -0.05) is 147 Å². The van der Waals surface area contributed by atoms with Crippen molar-refractivity contribution in [2.24, 2.45) is 0 Å². The summed E-state index contributed by atoms with van der Waals surface area (Å²) in [6.45, 7) is -2.76. The van der Waals surface area contributed by atoms with Crippen molar-refractivity contribution < 1.29 is 41.0 Å². The number of furan rings is 1. The van der Waals surface area contributed by atoms with E-state index in [1.54, 1.807) is 18.2 Å². The van der Waals surface area contributed by atoms with Gasteiger partial charge in [-0.25, -0.2) is 0 Å². The van der Waals surface area contributed by atoms with Crippen LogP contribution in [0.2, 0.25) is 18.1 Å². The Bertz CT molecular complexity index is 3240. The summed E-state index contributed by atoms with van der Waals surface area (Å²) < 4.78 is 101. The molecule has 0 unspecified atom stereocenters. The number of aromatic nitrogens is 2. The van der Waals surface area contributed by atoms with E-state index in [0.717, 1.165) is 61.2 Å². The first-order valence-electron chi connectivity index (χ1n) is 24.9. The molecule has 57 heavy (non-hydrogen) atoms. The molecule has 0 spiro atoms. The minimum absolute atomic E-state index is 0. The van der Waals surface area contributed by atoms with Crippen molar-refractivity contribution in [2.45, 2.75) is 66.3 Å². The maximum Gasteiger partial charge on any atom is 0.129 e.